The summed E-state index contributed by atoms with van der Waals surface area (Å²) in [6, 6.07) is 5.62. The molecule has 80 valence electrons. The van der Waals surface area contributed by atoms with Gasteiger partial charge in [0.15, 0.2) is 0 Å². The van der Waals surface area contributed by atoms with Gasteiger partial charge in [-0.05, 0) is 18.2 Å². The van der Waals surface area contributed by atoms with Crippen LogP contribution >= 0.6 is 11.6 Å². The lowest BCUT2D eigenvalue weighted by molar-refractivity contribution is 0.188. The smallest absolute Gasteiger partial charge is 0.0932 e. The molecular weight excluding hydrogens is 212 g/mol. The van der Waals surface area contributed by atoms with Crippen molar-refractivity contribution in [3.05, 3.63) is 35.0 Å². The van der Waals surface area contributed by atoms with Crippen molar-refractivity contribution < 1.29 is 5.11 Å². The molecule has 3 N–H and O–H groups in total. The second-order valence-corrected chi connectivity index (χ2v) is 4.04. The van der Waals surface area contributed by atoms with E-state index in [-0.39, 0.29) is 6.54 Å². The van der Waals surface area contributed by atoms with Gasteiger partial charge in [-0.2, -0.15) is 0 Å². The van der Waals surface area contributed by atoms with Crippen LogP contribution in [0.5, 0.6) is 0 Å². The third-order valence-electron chi connectivity index (χ3n) is 2.56. The largest absolute Gasteiger partial charge is 0.387 e. The summed E-state index contributed by atoms with van der Waals surface area (Å²) in [5.41, 5.74) is 7.32. The highest BCUT2D eigenvalue weighted by molar-refractivity contribution is 6.31. The van der Waals surface area contributed by atoms with Gasteiger partial charge in [-0.15, -0.1) is 0 Å². The number of aliphatic hydroxyl groups is 1. The van der Waals surface area contributed by atoms with Crippen LogP contribution in [0.25, 0.3) is 10.9 Å². The lowest BCUT2D eigenvalue weighted by Crippen LogP contribution is -2.10. The normalized spacial score (nSPS) is 13.3. The molecule has 0 aliphatic heterocycles. The summed E-state index contributed by atoms with van der Waals surface area (Å²) in [7, 11) is 1.93. The molecule has 1 atom stereocenters. The van der Waals surface area contributed by atoms with Gasteiger partial charge in [-0.3, -0.25) is 0 Å². The first-order valence-electron chi connectivity index (χ1n) is 4.76. The average molecular weight is 225 g/mol. The molecule has 2 aromatic rings. The fourth-order valence-corrected chi connectivity index (χ4v) is 1.96. The minimum atomic E-state index is -0.632. The Morgan fingerprint density at radius 1 is 1.53 bits per heavy atom. The first-order valence-corrected chi connectivity index (χ1v) is 5.14. The Bertz CT molecular complexity index is 493. The molecule has 0 saturated carbocycles. The SMILES string of the molecule is Cn1cc(C(O)CN)c2cc(Cl)ccc21. The molecule has 0 amide bonds. The molecule has 0 fully saturated rings. The predicted octanol–water partition coefficient (Wildman–Crippen LogP) is 1.82. The zero-order valence-electron chi connectivity index (χ0n) is 8.44. The van der Waals surface area contributed by atoms with E-state index in [1.54, 1.807) is 0 Å². The standard InChI is InChI=1S/C11H13ClN2O/c1-14-6-9(11(15)5-13)8-4-7(12)2-3-10(8)14/h2-4,6,11,15H,5,13H2,1H3. The molecule has 1 unspecified atom stereocenters. The van der Waals surface area contributed by atoms with Gasteiger partial charge >= 0.3 is 0 Å². The Morgan fingerprint density at radius 2 is 2.27 bits per heavy atom. The molecule has 0 saturated heterocycles. The Labute approximate surface area is 93.1 Å². The summed E-state index contributed by atoms with van der Waals surface area (Å²) in [6.45, 7) is 0.214. The van der Waals surface area contributed by atoms with Gasteiger partial charge in [-0.25, -0.2) is 0 Å². The Kier molecular flexibility index (Phi) is 2.69. The number of aromatic nitrogens is 1. The van der Waals surface area contributed by atoms with Crippen molar-refractivity contribution in [2.75, 3.05) is 6.54 Å². The first-order chi connectivity index (χ1) is 7.13. The lowest BCUT2D eigenvalue weighted by atomic mass is 10.1. The molecule has 0 aliphatic carbocycles. The maximum absolute atomic E-state index is 9.75. The summed E-state index contributed by atoms with van der Waals surface area (Å²) in [4.78, 5) is 0. The van der Waals surface area contributed by atoms with E-state index < -0.39 is 6.10 Å². The van der Waals surface area contributed by atoms with Gasteiger partial charge in [0.05, 0.1) is 6.10 Å². The van der Waals surface area contributed by atoms with E-state index in [1.807, 2.05) is 36.0 Å². The van der Waals surface area contributed by atoms with Gasteiger partial charge in [-0.1, -0.05) is 11.6 Å². The molecule has 0 spiro atoms. The average Bonchev–Trinajstić information content (AvgIpc) is 2.54. The van der Waals surface area contributed by atoms with E-state index >= 15 is 0 Å². The summed E-state index contributed by atoms with van der Waals surface area (Å²) in [5, 5.41) is 11.4. The van der Waals surface area contributed by atoms with Gasteiger partial charge in [0, 0.05) is 41.3 Å². The van der Waals surface area contributed by atoms with Crippen LogP contribution in [0.3, 0.4) is 0 Å². The summed E-state index contributed by atoms with van der Waals surface area (Å²) in [5.74, 6) is 0. The van der Waals surface area contributed by atoms with Crippen molar-refractivity contribution >= 4 is 22.5 Å². The third kappa shape index (κ3) is 1.74. The molecule has 0 radical (unpaired) electrons. The molecular formula is C11H13ClN2O. The van der Waals surface area contributed by atoms with Crippen LogP contribution < -0.4 is 5.73 Å². The van der Waals surface area contributed by atoms with E-state index in [4.69, 9.17) is 17.3 Å². The summed E-state index contributed by atoms with van der Waals surface area (Å²) < 4.78 is 1.96. The molecule has 0 aliphatic rings. The minimum absolute atomic E-state index is 0.214. The van der Waals surface area contributed by atoms with E-state index in [2.05, 4.69) is 0 Å². The van der Waals surface area contributed by atoms with Crippen LogP contribution in [0.1, 0.15) is 11.7 Å². The Morgan fingerprint density at radius 3 is 2.93 bits per heavy atom. The number of halogens is 1. The van der Waals surface area contributed by atoms with E-state index in [1.165, 1.54) is 0 Å². The highest BCUT2D eigenvalue weighted by atomic mass is 35.5. The highest BCUT2D eigenvalue weighted by Gasteiger charge is 2.13. The molecule has 15 heavy (non-hydrogen) atoms. The number of hydrogen-bond acceptors (Lipinski definition) is 2. The van der Waals surface area contributed by atoms with Crippen molar-refractivity contribution in [1.29, 1.82) is 0 Å². The summed E-state index contributed by atoms with van der Waals surface area (Å²) in [6.07, 6.45) is 1.26. The molecule has 2 rings (SSSR count). The molecule has 1 aromatic heterocycles. The van der Waals surface area contributed by atoms with E-state index in [0.717, 1.165) is 16.5 Å². The maximum atomic E-state index is 9.75. The third-order valence-corrected chi connectivity index (χ3v) is 2.80. The zero-order chi connectivity index (χ0) is 11.0. The zero-order valence-corrected chi connectivity index (χ0v) is 9.20. The van der Waals surface area contributed by atoms with Crippen molar-refractivity contribution in [1.82, 2.24) is 4.57 Å². The fourth-order valence-electron chi connectivity index (χ4n) is 1.79. The van der Waals surface area contributed by atoms with Crippen LogP contribution in [0, 0.1) is 0 Å². The van der Waals surface area contributed by atoms with Crippen LogP contribution in [0.4, 0.5) is 0 Å². The number of aliphatic hydroxyl groups excluding tert-OH is 1. The van der Waals surface area contributed by atoms with E-state index in [0.29, 0.717) is 5.02 Å². The van der Waals surface area contributed by atoms with Crippen LogP contribution in [0.2, 0.25) is 5.02 Å². The second-order valence-electron chi connectivity index (χ2n) is 3.61. The number of nitrogens with zero attached hydrogens (tertiary/aromatic N) is 1. The van der Waals surface area contributed by atoms with Gasteiger partial charge < -0.3 is 15.4 Å². The topological polar surface area (TPSA) is 51.2 Å². The number of benzene rings is 1. The van der Waals surface area contributed by atoms with E-state index in [9.17, 15) is 5.11 Å². The van der Waals surface area contributed by atoms with Crippen molar-refractivity contribution in [3.63, 3.8) is 0 Å². The number of nitrogens with two attached hydrogens (primary N) is 1. The molecule has 4 heteroatoms. The maximum Gasteiger partial charge on any atom is 0.0932 e. The van der Waals surface area contributed by atoms with Crippen LogP contribution in [-0.4, -0.2) is 16.2 Å². The van der Waals surface area contributed by atoms with Gasteiger partial charge in [0.2, 0.25) is 0 Å². The first kappa shape index (κ1) is 10.5. The molecule has 3 nitrogen and oxygen atoms in total. The van der Waals surface area contributed by atoms with Crippen molar-refractivity contribution in [2.45, 2.75) is 6.10 Å². The second kappa shape index (κ2) is 3.85. The van der Waals surface area contributed by atoms with Crippen LogP contribution in [-0.2, 0) is 7.05 Å². The highest BCUT2D eigenvalue weighted by Crippen LogP contribution is 2.27. The summed E-state index contributed by atoms with van der Waals surface area (Å²) >= 11 is 5.93. The monoisotopic (exact) mass is 224 g/mol. The predicted molar refractivity (Wildman–Crippen MR) is 61.9 cm³/mol. The fraction of sp³-hybridized carbons (Fsp3) is 0.273. The van der Waals surface area contributed by atoms with Crippen LogP contribution in [0.15, 0.2) is 24.4 Å². The van der Waals surface area contributed by atoms with Gasteiger partial charge in [0.1, 0.15) is 0 Å². The molecule has 1 heterocycles. The van der Waals surface area contributed by atoms with Gasteiger partial charge in [0.25, 0.3) is 0 Å². The Hall–Kier alpha value is -1.03. The number of aryl methyl sites for hydroxylation is 1. The molecule has 1 aromatic carbocycles. The van der Waals surface area contributed by atoms with Crippen molar-refractivity contribution in [3.8, 4) is 0 Å². The number of rotatable bonds is 2. The van der Waals surface area contributed by atoms with Crippen molar-refractivity contribution in [2.24, 2.45) is 12.8 Å². The number of fused-ring (bicyclic) bond motifs is 1. The Balaban J connectivity index is 2.69. The number of hydrogen-bond donors (Lipinski definition) is 2. The minimum Gasteiger partial charge on any atom is -0.387 e. The quantitative estimate of drug-likeness (QED) is 0.818. The molecule has 0 bridgehead atoms. The lowest BCUT2D eigenvalue weighted by Gasteiger charge is -2.05.